The zero-order valence-electron chi connectivity index (χ0n) is 13.2. The van der Waals surface area contributed by atoms with Crippen LogP contribution in [-0.4, -0.2) is 37.3 Å². The van der Waals surface area contributed by atoms with E-state index in [4.69, 9.17) is 21.7 Å². The Morgan fingerprint density at radius 1 is 1.04 bits per heavy atom. The van der Waals surface area contributed by atoms with Crippen molar-refractivity contribution in [3.05, 3.63) is 29.3 Å². The minimum atomic E-state index is -0.534. The number of nitrogens with one attached hydrogen (secondary N) is 2. The summed E-state index contributed by atoms with van der Waals surface area (Å²) in [5, 5.41) is 6.72. The molecule has 0 spiro atoms. The molecule has 2 N–H and O–H groups in total. The third-order valence-corrected chi connectivity index (χ3v) is 3.94. The summed E-state index contributed by atoms with van der Waals surface area (Å²) in [6.07, 6.45) is 4.59. The van der Waals surface area contributed by atoms with Gasteiger partial charge in [0, 0.05) is 11.7 Å². The Labute approximate surface area is 140 Å². The lowest BCUT2D eigenvalue weighted by Gasteiger charge is -2.16. The molecule has 124 valence electrons. The van der Waals surface area contributed by atoms with Gasteiger partial charge in [0.15, 0.2) is 5.11 Å². The van der Waals surface area contributed by atoms with Crippen molar-refractivity contribution in [3.8, 4) is 0 Å². The predicted molar refractivity (Wildman–Crippen MR) is 90.7 cm³/mol. The maximum absolute atomic E-state index is 11.7. The van der Waals surface area contributed by atoms with Crippen molar-refractivity contribution in [2.45, 2.75) is 31.7 Å². The van der Waals surface area contributed by atoms with Crippen LogP contribution in [-0.2, 0) is 9.47 Å². The van der Waals surface area contributed by atoms with Gasteiger partial charge in [-0.15, -0.1) is 0 Å². The van der Waals surface area contributed by atoms with Gasteiger partial charge in [-0.3, -0.25) is 0 Å². The van der Waals surface area contributed by atoms with Gasteiger partial charge in [-0.25, -0.2) is 9.59 Å². The van der Waals surface area contributed by atoms with Crippen molar-refractivity contribution in [3.63, 3.8) is 0 Å². The van der Waals surface area contributed by atoms with Crippen molar-refractivity contribution in [1.29, 1.82) is 0 Å². The number of hydrogen-bond acceptors (Lipinski definition) is 5. The minimum Gasteiger partial charge on any atom is -0.465 e. The molecule has 1 aromatic rings. The SMILES string of the molecule is COC(=O)c1cc(NC(=S)NC2CCCC2)cc(C(=O)OC)c1. The van der Waals surface area contributed by atoms with E-state index in [1.807, 2.05) is 0 Å². The van der Waals surface area contributed by atoms with Crippen LogP contribution in [0.1, 0.15) is 46.4 Å². The first kappa shape index (κ1) is 17.2. The highest BCUT2D eigenvalue weighted by Crippen LogP contribution is 2.19. The topological polar surface area (TPSA) is 76.7 Å². The third-order valence-electron chi connectivity index (χ3n) is 3.72. The lowest BCUT2D eigenvalue weighted by Crippen LogP contribution is -2.36. The first-order chi connectivity index (χ1) is 11.0. The van der Waals surface area contributed by atoms with Crippen LogP contribution in [0, 0.1) is 0 Å². The van der Waals surface area contributed by atoms with Crippen molar-refractivity contribution >= 4 is 35.0 Å². The van der Waals surface area contributed by atoms with E-state index in [1.165, 1.54) is 33.1 Å². The molecular formula is C16H20N2O4S. The van der Waals surface area contributed by atoms with Gasteiger partial charge in [0.1, 0.15) is 0 Å². The molecular weight excluding hydrogens is 316 g/mol. The molecule has 1 fully saturated rings. The number of benzene rings is 1. The standard InChI is InChI=1S/C16H20N2O4S/c1-21-14(19)10-7-11(15(20)22-2)9-13(8-10)18-16(23)17-12-5-3-4-6-12/h7-9,12H,3-6H2,1-2H3,(H2,17,18,23). The van der Waals surface area contributed by atoms with Crippen molar-refractivity contribution in [2.24, 2.45) is 0 Å². The van der Waals surface area contributed by atoms with Crippen LogP contribution in [0.15, 0.2) is 18.2 Å². The van der Waals surface area contributed by atoms with E-state index >= 15 is 0 Å². The number of carbonyl (C=O) groups is 2. The van der Waals surface area contributed by atoms with Crippen LogP contribution in [0.2, 0.25) is 0 Å². The second kappa shape index (κ2) is 7.92. The van der Waals surface area contributed by atoms with Gasteiger partial charge in [0.05, 0.1) is 25.3 Å². The highest BCUT2D eigenvalue weighted by atomic mass is 32.1. The van der Waals surface area contributed by atoms with Gasteiger partial charge >= 0.3 is 11.9 Å². The molecule has 2 rings (SSSR count). The fraction of sp³-hybridized carbons (Fsp3) is 0.438. The van der Waals surface area contributed by atoms with Gasteiger partial charge in [0.25, 0.3) is 0 Å². The summed E-state index contributed by atoms with van der Waals surface area (Å²) in [6, 6.07) is 4.97. The normalized spacial score (nSPS) is 14.2. The van der Waals surface area contributed by atoms with E-state index in [9.17, 15) is 9.59 Å². The summed E-state index contributed by atoms with van der Waals surface area (Å²) >= 11 is 5.29. The quantitative estimate of drug-likeness (QED) is 0.646. The molecule has 1 saturated carbocycles. The first-order valence-electron chi connectivity index (χ1n) is 7.42. The predicted octanol–water partition coefficient (Wildman–Crippen LogP) is 2.49. The number of hydrogen-bond donors (Lipinski definition) is 2. The first-order valence-corrected chi connectivity index (χ1v) is 7.83. The van der Waals surface area contributed by atoms with Gasteiger partial charge in [0.2, 0.25) is 0 Å². The number of anilines is 1. The van der Waals surface area contributed by atoms with Gasteiger partial charge in [-0.1, -0.05) is 12.8 Å². The Balaban J connectivity index is 2.16. The third kappa shape index (κ3) is 4.66. The Morgan fingerprint density at radius 3 is 2.04 bits per heavy atom. The Kier molecular flexibility index (Phi) is 5.92. The maximum Gasteiger partial charge on any atom is 0.337 e. The molecule has 0 bridgehead atoms. The number of rotatable bonds is 4. The van der Waals surface area contributed by atoms with Crippen LogP contribution in [0.4, 0.5) is 5.69 Å². The number of carbonyl (C=O) groups excluding carboxylic acids is 2. The summed E-state index contributed by atoms with van der Waals surface area (Å²) in [5.41, 5.74) is 1.03. The van der Waals surface area contributed by atoms with Crippen molar-refractivity contribution in [2.75, 3.05) is 19.5 Å². The van der Waals surface area contributed by atoms with Gasteiger partial charge in [-0.05, 0) is 43.3 Å². The van der Waals surface area contributed by atoms with Crippen LogP contribution in [0.25, 0.3) is 0 Å². The highest BCUT2D eigenvalue weighted by Gasteiger charge is 2.17. The molecule has 0 radical (unpaired) electrons. The van der Waals surface area contributed by atoms with E-state index in [1.54, 1.807) is 12.1 Å². The summed E-state index contributed by atoms with van der Waals surface area (Å²) in [5.74, 6) is -1.07. The zero-order valence-corrected chi connectivity index (χ0v) is 14.0. The Morgan fingerprint density at radius 2 is 1.57 bits per heavy atom. The lowest BCUT2D eigenvalue weighted by atomic mass is 10.1. The number of thiocarbonyl (C=S) groups is 1. The van der Waals surface area contributed by atoms with E-state index in [-0.39, 0.29) is 11.1 Å². The van der Waals surface area contributed by atoms with Crippen LogP contribution in [0.3, 0.4) is 0 Å². The number of esters is 2. The Bertz CT molecular complexity index is 578. The molecule has 0 saturated heterocycles. The summed E-state index contributed by atoms with van der Waals surface area (Å²) in [7, 11) is 2.57. The van der Waals surface area contributed by atoms with E-state index < -0.39 is 11.9 Å². The van der Waals surface area contributed by atoms with Crippen LogP contribution in [0.5, 0.6) is 0 Å². The van der Waals surface area contributed by atoms with E-state index in [2.05, 4.69) is 10.6 Å². The van der Waals surface area contributed by atoms with E-state index in [0.29, 0.717) is 16.8 Å². The highest BCUT2D eigenvalue weighted by molar-refractivity contribution is 7.80. The summed E-state index contributed by atoms with van der Waals surface area (Å²) in [6.45, 7) is 0. The molecule has 1 aliphatic rings. The van der Waals surface area contributed by atoms with Crippen LogP contribution >= 0.6 is 12.2 Å². The molecule has 0 aromatic heterocycles. The number of methoxy groups -OCH3 is 2. The minimum absolute atomic E-state index is 0.251. The Hall–Kier alpha value is -2.15. The molecule has 0 unspecified atom stereocenters. The van der Waals surface area contributed by atoms with Crippen molar-refractivity contribution in [1.82, 2.24) is 5.32 Å². The average molecular weight is 336 g/mol. The second-order valence-electron chi connectivity index (χ2n) is 5.36. The molecule has 7 heteroatoms. The fourth-order valence-electron chi connectivity index (χ4n) is 2.59. The smallest absolute Gasteiger partial charge is 0.337 e. The average Bonchev–Trinajstić information content (AvgIpc) is 3.05. The van der Waals surface area contributed by atoms with Crippen molar-refractivity contribution < 1.29 is 19.1 Å². The molecule has 1 aromatic carbocycles. The number of ether oxygens (including phenoxy) is 2. The van der Waals surface area contributed by atoms with E-state index in [0.717, 1.165) is 12.8 Å². The monoisotopic (exact) mass is 336 g/mol. The fourth-order valence-corrected chi connectivity index (χ4v) is 2.88. The molecule has 0 atom stereocenters. The van der Waals surface area contributed by atoms with Gasteiger partial charge in [-0.2, -0.15) is 0 Å². The second-order valence-corrected chi connectivity index (χ2v) is 5.77. The molecule has 23 heavy (non-hydrogen) atoms. The zero-order chi connectivity index (χ0) is 16.8. The molecule has 0 amide bonds. The van der Waals surface area contributed by atoms with Gasteiger partial charge < -0.3 is 20.1 Å². The molecule has 0 aliphatic heterocycles. The molecule has 0 heterocycles. The van der Waals surface area contributed by atoms with Crippen LogP contribution < -0.4 is 10.6 Å². The largest absolute Gasteiger partial charge is 0.465 e. The maximum atomic E-state index is 11.7. The summed E-state index contributed by atoms with van der Waals surface area (Å²) in [4.78, 5) is 23.5. The summed E-state index contributed by atoms with van der Waals surface area (Å²) < 4.78 is 9.41. The molecule has 6 nitrogen and oxygen atoms in total. The molecule has 1 aliphatic carbocycles. The lowest BCUT2D eigenvalue weighted by molar-refractivity contribution is 0.0599.